The summed E-state index contributed by atoms with van der Waals surface area (Å²) < 4.78 is 0. The molecule has 0 aliphatic heterocycles. The van der Waals surface area contributed by atoms with E-state index in [2.05, 4.69) is 6.58 Å². The van der Waals surface area contributed by atoms with E-state index in [0.717, 1.165) is 7.11 Å². The summed E-state index contributed by atoms with van der Waals surface area (Å²) in [6.07, 6.45) is 1.59. The van der Waals surface area contributed by atoms with Crippen molar-refractivity contribution in [2.75, 3.05) is 66.0 Å². The highest BCUT2D eigenvalue weighted by Crippen LogP contribution is 1.96. The van der Waals surface area contributed by atoms with Crippen molar-refractivity contribution in [2.24, 2.45) is 0 Å². The van der Waals surface area contributed by atoms with Gasteiger partial charge in [-0.15, -0.1) is 6.58 Å². The highest BCUT2D eigenvalue weighted by Gasteiger charge is 2.15. The first-order valence-electron chi connectivity index (χ1n) is 8.65. The molecule has 0 aromatic heterocycles. The summed E-state index contributed by atoms with van der Waals surface area (Å²) in [7, 11) is 1.00. The molecule has 170 valence electrons. The van der Waals surface area contributed by atoms with Gasteiger partial charge in [0.05, 0.1) is 19.6 Å². The average molecular weight is 423 g/mol. The van der Waals surface area contributed by atoms with Gasteiger partial charge in [-0.2, -0.15) is 0 Å². The number of aliphatic carboxylic acids is 3. The minimum absolute atomic E-state index is 0.0982. The largest absolute Gasteiger partial charge is 0.483 e. The Morgan fingerprint density at radius 2 is 1.10 bits per heavy atom. The van der Waals surface area contributed by atoms with Gasteiger partial charge in [-0.3, -0.25) is 33.9 Å². The van der Waals surface area contributed by atoms with Crippen LogP contribution in [0.25, 0.3) is 0 Å². The highest BCUT2D eigenvalue weighted by atomic mass is 16.4. The van der Waals surface area contributed by atoms with Crippen LogP contribution in [-0.2, 0) is 19.2 Å². The highest BCUT2D eigenvalue weighted by molar-refractivity contribution is 5.69. The molecule has 0 saturated heterocycles. The van der Waals surface area contributed by atoms with Crippen molar-refractivity contribution in [1.82, 2.24) is 14.7 Å². The Hall–Kier alpha value is -2.54. The van der Waals surface area contributed by atoms with Crippen LogP contribution in [0.3, 0.4) is 0 Å². The summed E-state index contributed by atoms with van der Waals surface area (Å²) in [6, 6.07) is 0. The molecular weight excluding hydrogens is 390 g/mol. The molecule has 29 heavy (non-hydrogen) atoms. The Morgan fingerprint density at radius 1 is 0.793 bits per heavy atom. The second kappa shape index (κ2) is 21.8. The summed E-state index contributed by atoms with van der Waals surface area (Å²) in [5, 5.41) is 40.6. The molecule has 0 heterocycles. The zero-order valence-corrected chi connectivity index (χ0v) is 16.9. The van der Waals surface area contributed by atoms with Crippen molar-refractivity contribution in [3.63, 3.8) is 0 Å². The number of hydrogen-bond acceptors (Lipinski definition) is 8. The molecule has 0 aliphatic carbocycles. The van der Waals surface area contributed by atoms with Crippen LogP contribution in [0.15, 0.2) is 12.7 Å². The summed E-state index contributed by atoms with van der Waals surface area (Å²) in [5.41, 5.74) is 0. The van der Waals surface area contributed by atoms with Crippen LogP contribution in [0.5, 0.6) is 0 Å². The van der Waals surface area contributed by atoms with E-state index in [0.29, 0.717) is 39.3 Å². The maximum atomic E-state index is 11.0. The van der Waals surface area contributed by atoms with E-state index >= 15 is 0 Å². The third-order valence-electron chi connectivity index (χ3n) is 3.38. The van der Waals surface area contributed by atoms with Crippen molar-refractivity contribution in [3.05, 3.63) is 12.7 Å². The first kappa shape index (κ1) is 31.2. The zero-order chi connectivity index (χ0) is 23.2. The lowest BCUT2D eigenvalue weighted by molar-refractivity contribution is -0.140. The van der Waals surface area contributed by atoms with E-state index in [1.165, 1.54) is 0 Å². The topological polar surface area (TPSA) is 179 Å². The molecule has 0 saturated carbocycles. The van der Waals surface area contributed by atoms with Gasteiger partial charge in [0.15, 0.2) is 0 Å². The Morgan fingerprint density at radius 3 is 1.45 bits per heavy atom. The molecule has 0 rings (SSSR count). The van der Waals surface area contributed by atoms with Crippen molar-refractivity contribution in [1.29, 1.82) is 0 Å². The molecule has 0 aromatic carbocycles. The first-order chi connectivity index (χ1) is 13.7. The fraction of sp³-hybridized carbons (Fsp3) is 0.647. The smallest absolute Gasteiger partial charge is 0.317 e. The van der Waals surface area contributed by atoms with Crippen LogP contribution in [-0.4, -0.2) is 131 Å². The zero-order valence-electron chi connectivity index (χ0n) is 16.9. The molecule has 0 radical (unpaired) electrons. The van der Waals surface area contributed by atoms with Crippen LogP contribution in [0, 0.1) is 0 Å². The first-order valence-corrected chi connectivity index (χ1v) is 8.65. The maximum absolute atomic E-state index is 11.0. The van der Waals surface area contributed by atoms with E-state index in [4.69, 9.17) is 30.3 Å². The lowest BCUT2D eigenvalue weighted by atomic mass is 10.3. The second-order valence-electron chi connectivity index (χ2n) is 5.46. The minimum Gasteiger partial charge on any atom is -0.483 e. The van der Waals surface area contributed by atoms with E-state index < -0.39 is 17.9 Å². The molecule has 12 heteroatoms. The van der Waals surface area contributed by atoms with Gasteiger partial charge in [0, 0.05) is 39.8 Å². The summed E-state index contributed by atoms with van der Waals surface area (Å²) in [4.78, 5) is 45.9. The van der Waals surface area contributed by atoms with Crippen LogP contribution < -0.4 is 0 Å². The minimum atomic E-state index is -0.982. The van der Waals surface area contributed by atoms with E-state index in [1.807, 2.05) is 6.92 Å². The van der Waals surface area contributed by atoms with Crippen molar-refractivity contribution < 1.29 is 44.7 Å². The molecule has 0 bridgehead atoms. The number of aliphatic hydroxyl groups excluding tert-OH is 1. The predicted octanol–water partition coefficient (Wildman–Crippen LogP) is -1.34. The fourth-order valence-corrected chi connectivity index (χ4v) is 2.18. The lowest BCUT2D eigenvalue weighted by Crippen LogP contribution is -2.43. The van der Waals surface area contributed by atoms with Crippen LogP contribution >= 0.6 is 0 Å². The van der Waals surface area contributed by atoms with Crippen LogP contribution in [0.4, 0.5) is 0 Å². The summed E-state index contributed by atoms with van der Waals surface area (Å²) >= 11 is 0. The molecule has 0 aliphatic rings. The number of carboxylic acids is 3. The monoisotopic (exact) mass is 423 g/mol. The van der Waals surface area contributed by atoms with Gasteiger partial charge in [-0.05, 0) is 6.54 Å². The number of carbonyl (C=O) groups is 4. The number of likely N-dealkylation sites (N-methyl/N-ethyl adjacent to an activating group) is 1. The molecule has 0 atom stereocenters. The Kier molecular flexibility index (Phi) is 23.4. The SMILES string of the molecule is C=CCN(CCN(CCN(CC)CC(=O)O)CC(=O)O)CC(=O)O.CO.O=CO. The quantitative estimate of drug-likeness (QED) is 0.155. The second-order valence-corrected chi connectivity index (χ2v) is 5.46. The predicted molar refractivity (Wildman–Crippen MR) is 105 cm³/mol. The third kappa shape index (κ3) is 23.4. The summed E-state index contributed by atoms with van der Waals surface area (Å²) in [5.74, 6) is -2.87. The average Bonchev–Trinajstić information content (AvgIpc) is 2.64. The molecule has 12 nitrogen and oxygen atoms in total. The number of hydrogen-bond donors (Lipinski definition) is 5. The Balaban J connectivity index is -0.00000123. The normalized spacial score (nSPS) is 9.86. The van der Waals surface area contributed by atoms with Gasteiger partial charge >= 0.3 is 17.9 Å². The van der Waals surface area contributed by atoms with Crippen molar-refractivity contribution in [3.8, 4) is 0 Å². The van der Waals surface area contributed by atoms with Gasteiger partial charge in [-0.1, -0.05) is 13.0 Å². The number of rotatable bonds is 15. The van der Waals surface area contributed by atoms with Crippen LogP contribution in [0.1, 0.15) is 6.92 Å². The van der Waals surface area contributed by atoms with Gasteiger partial charge in [-0.25, -0.2) is 0 Å². The summed E-state index contributed by atoms with van der Waals surface area (Å²) in [6.45, 7) is 7.26. The van der Waals surface area contributed by atoms with Crippen molar-refractivity contribution in [2.45, 2.75) is 6.92 Å². The number of aliphatic hydroxyl groups is 1. The van der Waals surface area contributed by atoms with E-state index in [9.17, 15) is 14.4 Å². The number of nitrogens with zero attached hydrogens (tertiary/aromatic N) is 3. The van der Waals surface area contributed by atoms with Gasteiger partial charge in [0.25, 0.3) is 6.47 Å². The fourth-order valence-electron chi connectivity index (χ4n) is 2.18. The molecule has 0 unspecified atom stereocenters. The Labute approximate surface area is 170 Å². The van der Waals surface area contributed by atoms with Crippen LogP contribution in [0.2, 0.25) is 0 Å². The van der Waals surface area contributed by atoms with Gasteiger partial charge in [0.2, 0.25) is 0 Å². The van der Waals surface area contributed by atoms with Gasteiger partial charge < -0.3 is 25.5 Å². The molecule has 0 amide bonds. The molecule has 0 spiro atoms. The van der Waals surface area contributed by atoms with Gasteiger partial charge in [0.1, 0.15) is 0 Å². The van der Waals surface area contributed by atoms with Crippen molar-refractivity contribution >= 4 is 24.4 Å². The maximum Gasteiger partial charge on any atom is 0.317 e. The molecule has 0 fully saturated rings. The molecule has 0 aromatic rings. The molecular formula is C17H33N3O9. The lowest BCUT2D eigenvalue weighted by Gasteiger charge is -2.27. The molecule has 5 N–H and O–H groups in total. The third-order valence-corrected chi connectivity index (χ3v) is 3.38. The number of carboxylic acid groups (broad SMARTS) is 4. The standard InChI is InChI=1S/C15H27N3O6.CH2O2.CH4O/c1-3-5-17(11-14(21)22)8-9-18(12-15(23)24)7-6-16(4-2)10-13(19)20;2-1-3;1-2/h3H,1,4-12H2,2H3,(H,19,20)(H,21,22)(H,23,24);1H,(H,2,3);2H,1H3. The van der Waals surface area contributed by atoms with E-state index in [1.54, 1.807) is 20.8 Å². The Bertz CT molecular complexity index is 475. The van der Waals surface area contributed by atoms with E-state index in [-0.39, 0.29) is 26.1 Å².